The molecule has 1 fully saturated rings. The van der Waals surface area contributed by atoms with Gasteiger partial charge in [0.25, 0.3) is 5.91 Å². The molecule has 2 atom stereocenters. The van der Waals surface area contributed by atoms with Crippen molar-refractivity contribution in [1.29, 1.82) is 0 Å². The van der Waals surface area contributed by atoms with Crippen LogP contribution in [0.5, 0.6) is 0 Å². The molecule has 0 bridgehead atoms. The van der Waals surface area contributed by atoms with E-state index in [1.807, 2.05) is 12.1 Å². The van der Waals surface area contributed by atoms with E-state index in [1.165, 1.54) is 12.1 Å². The molecule has 33 heavy (non-hydrogen) atoms. The number of carbonyl (C=O) groups excluding carboxylic acids is 1. The highest BCUT2D eigenvalue weighted by Gasteiger charge is 2.30. The summed E-state index contributed by atoms with van der Waals surface area (Å²) in [5, 5.41) is 6.38. The summed E-state index contributed by atoms with van der Waals surface area (Å²) in [6, 6.07) is 8.19. The van der Waals surface area contributed by atoms with E-state index in [0.29, 0.717) is 33.2 Å². The van der Waals surface area contributed by atoms with E-state index in [-0.39, 0.29) is 17.6 Å². The normalized spacial score (nSPS) is 18.1. The lowest BCUT2D eigenvalue weighted by Gasteiger charge is -2.25. The maximum Gasteiger partial charge on any atom is 0.267 e. The summed E-state index contributed by atoms with van der Waals surface area (Å²) in [6.07, 6.45) is 1.65. The molecule has 0 spiro atoms. The van der Waals surface area contributed by atoms with Crippen LogP contribution in [0.2, 0.25) is 10.0 Å². The van der Waals surface area contributed by atoms with Crippen molar-refractivity contribution >= 4 is 50.0 Å². The van der Waals surface area contributed by atoms with Crippen LogP contribution in [0.1, 0.15) is 47.0 Å². The predicted molar refractivity (Wildman–Crippen MR) is 127 cm³/mol. The van der Waals surface area contributed by atoms with Crippen molar-refractivity contribution in [3.63, 3.8) is 0 Å². The number of halogens is 3. The largest absolute Gasteiger partial charge is 0.294 e. The van der Waals surface area contributed by atoms with E-state index in [0.717, 1.165) is 24.8 Å². The van der Waals surface area contributed by atoms with Gasteiger partial charge in [0.1, 0.15) is 5.82 Å². The number of nitrogens with one attached hydrogen (secondary N) is 1. The second kappa shape index (κ2) is 8.87. The lowest BCUT2D eigenvalue weighted by molar-refractivity contribution is 0.0978. The number of hydrogen-bond acceptors (Lipinski definition) is 5. The highest BCUT2D eigenvalue weighted by molar-refractivity contribution is 7.89. The van der Waals surface area contributed by atoms with E-state index in [4.69, 9.17) is 23.2 Å². The number of benzene rings is 2. The second-order valence-electron chi connectivity index (χ2n) is 8.40. The fourth-order valence-corrected chi connectivity index (χ4v) is 5.32. The Kier molecular flexibility index (Phi) is 6.43. The Bertz CT molecular complexity index is 1340. The number of aryl methyl sites for hydroxylation is 1. The van der Waals surface area contributed by atoms with Crippen molar-refractivity contribution in [2.24, 2.45) is 0 Å². The van der Waals surface area contributed by atoms with Gasteiger partial charge in [-0.25, -0.2) is 17.5 Å². The summed E-state index contributed by atoms with van der Waals surface area (Å²) in [7, 11) is -3.81. The molecular weight excluding hydrogens is 490 g/mol. The number of aromatic nitrogens is 2. The van der Waals surface area contributed by atoms with Crippen molar-refractivity contribution in [2.75, 3.05) is 19.3 Å². The molecule has 1 aromatic heterocycles. The Labute approximate surface area is 201 Å². The van der Waals surface area contributed by atoms with Gasteiger partial charge in [0.2, 0.25) is 10.0 Å². The summed E-state index contributed by atoms with van der Waals surface area (Å²) >= 11 is 12.3. The average molecular weight is 513 g/mol. The molecule has 2 aromatic carbocycles. The van der Waals surface area contributed by atoms with Gasteiger partial charge in [0.15, 0.2) is 0 Å². The monoisotopic (exact) mass is 512 g/mol. The fraction of sp³-hybridized carbons (Fsp3) is 0.364. The zero-order valence-corrected chi connectivity index (χ0v) is 20.6. The van der Waals surface area contributed by atoms with Crippen molar-refractivity contribution in [3.05, 3.63) is 63.0 Å². The summed E-state index contributed by atoms with van der Waals surface area (Å²) in [6.45, 7) is 5.37. The quantitative estimate of drug-likeness (QED) is 0.544. The van der Waals surface area contributed by atoms with Gasteiger partial charge in [-0.3, -0.25) is 14.4 Å². The molecule has 0 aliphatic carbocycles. The Morgan fingerprint density at radius 1 is 1.21 bits per heavy atom. The number of sulfonamides is 1. The number of nitrogens with zero attached hydrogens (tertiary/aromatic N) is 3. The summed E-state index contributed by atoms with van der Waals surface area (Å²) in [4.78, 5) is 14.5. The van der Waals surface area contributed by atoms with E-state index < -0.39 is 21.7 Å². The molecule has 3 aromatic rings. The van der Waals surface area contributed by atoms with Crippen LogP contribution in [-0.4, -0.2) is 48.4 Å². The Hall–Kier alpha value is -2.20. The van der Waals surface area contributed by atoms with Crippen LogP contribution >= 0.6 is 23.2 Å². The van der Waals surface area contributed by atoms with Crippen LogP contribution in [0.15, 0.2) is 30.3 Å². The minimum Gasteiger partial charge on any atom is -0.294 e. The van der Waals surface area contributed by atoms with Gasteiger partial charge >= 0.3 is 0 Å². The molecule has 176 valence electrons. The highest BCUT2D eigenvalue weighted by Crippen LogP contribution is 2.34. The smallest absolute Gasteiger partial charge is 0.267 e. The van der Waals surface area contributed by atoms with Crippen LogP contribution in [0.25, 0.3) is 10.9 Å². The maximum absolute atomic E-state index is 14.8. The first kappa shape index (κ1) is 23.9. The molecule has 1 amide bonds. The maximum atomic E-state index is 14.8. The Morgan fingerprint density at radius 3 is 2.52 bits per heavy atom. The molecule has 0 saturated carbocycles. The van der Waals surface area contributed by atoms with Crippen molar-refractivity contribution < 1.29 is 17.6 Å². The third-order valence-electron chi connectivity index (χ3n) is 5.96. The van der Waals surface area contributed by atoms with Gasteiger partial charge in [-0.2, -0.15) is 5.10 Å². The van der Waals surface area contributed by atoms with Gasteiger partial charge in [0, 0.05) is 40.6 Å². The first-order valence-electron chi connectivity index (χ1n) is 10.3. The topological polar surface area (TPSA) is 84.3 Å². The van der Waals surface area contributed by atoms with Crippen LogP contribution in [0, 0.1) is 12.7 Å². The number of rotatable bonds is 5. The molecule has 1 aliphatic rings. The molecule has 0 unspecified atom stereocenters. The van der Waals surface area contributed by atoms with Crippen molar-refractivity contribution in [2.45, 2.75) is 32.4 Å². The van der Waals surface area contributed by atoms with Gasteiger partial charge in [-0.15, -0.1) is 0 Å². The molecular formula is C22H23Cl2FN4O3S. The molecule has 0 radical (unpaired) electrons. The molecule has 1 saturated heterocycles. The standard InChI is InChI=1S/C22H23Cl2FN4O3S/c1-12-18-9-19(22(30)27-33(3,31)32)20(25)10-21(18)29(26-12)17-4-5-28(11-17)13(2)14-6-15(23)8-16(24)7-14/h6-10,13,17H,4-5,11H2,1-3H3,(H,27,30)/t13-,17-/m1/s1. The lowest BCUT2D eigenvalue weighted by Crippen LogP contribution is -2.30. The molecule has 7 nitrogen and oxygen atoms in total. The van der Waals surface area contributed by atoms with Crippen LogP contribution < -0.4 is 4.72 Å². The van der Waals surface area contributed by atoms with E-state index >= 15 is 0 Å². The average Bonchev–Trinajstić information content (AvgIpc) is 3.29. The highest BCUT2D eigenvalue weighted by atomic mass is 35.5. The fourth-order valence-electron chi connectivity index (χ4n) is 4.33. The van der Waals surface area contributed by atoms with Crippen LogP contribution in [-0.2, 0) is 10.0 Å². The number of fused-ring (bicyclic) bond motifs is 1. The molecule has 4 rings (SSSR count). The minimum atomic E-state index is -3.81. The number of likely N-dealkylation sites (tertiary alicyclic amines) is 1. The lowest BCUT2D eigenvalue weighted by atomic mass is 10.1. The second-order valence-corrected chi connectivity index (χ2v) is 11.0. The van der Waals surface area contributed by atoms with E-state index in [1.54, 1.807) is 22.4 Å². The van der Waals surface area contributed by atoms with Crippen molar-refractivity contribution in [1.82, 2.24) is 19.4 Å². The van der Waals surface area contributed by atoms with Gasteiger partial charge in [-0.1, -0.05) is 23.2 Å². The molecule has 11 heteroatoms. The van der Waals surface area contributed by atoms with Crippen LogP contribution in [0.4, 0.5) is 4.39 Å². The summed E-state index contributed by atoms with van der Waals surface area (Å²) in [5.41, 5.74) is 1.87. The predicted octanol–water partition coefficient (Wildman–Crippen LogP) is 4.49. The number of hydrogen-bond donors (Lipinski definition) is 1. The van der Waals surface area contributed by atoms with Gasteiger partial charge in [0.05, 0.1) is 29.1 Å². The molecule has 1 N–H and O–H groups in total. The summed E-state index contributed by atoms with van der Waals surface area (Å²) in [5.74, 6) is -1.81. The zero-order valence-electron chi connectivity index (χ0n) is 18.3. The summed E-state index contributed by atoms with van der Waals surface area (Å²) < 4.78 is 41.1. The molecule has 1 aliphatic heterocycles. The minimum absolute atomic E-state index is 0.00778. The molecule has 2 heterocycles. The van der Waals surface area contributed by atoms with E-state index in [2.05, 4.69) is 16.9 Å². The Morgan fingerprint density at radius 2 is 1.88 bits per heavy atom. The van der Waals surface area contributed by atoms with Gasteiger partial charge in [-0.05, 0) is 50.1 Å². The van der Waals surface area contributed by atoms with Gasteiger partial charge < -0.3 is 0 Å². The number of carbonyl (C=O) groups is 1. The Balaban J connectivity index is 1.61. The van der Waals surface area contributed by atoms with E-state index in [9.17, 15) is 17.6 Å². The van der Waals surface area contributed by atoms with Crippen molar-refractivity contribution in [3.8, 4) is 0 Å². The third-order valence-corrected chi connectivity index (χ3v) is 6.95. The zero-order chi connectivity index (χ0) is 24.1. The third kappa shape index (κ3) is 5.01. The van der Waals surface area contributed by atoms with Crippen LogP contribution in [0.3, 0.4) is 0 Å². The SMILES string of the molecule is Cc1nn([C@@H]2CCN([C@H](C)c3cc(Cl)cc(Cl)c3)C2)c2cc(F)c(C(=O)NS(C)(=O)=O)cc12. The number of amides is 1. The first-order valence-corrected chi connectivity index (χ1v) is 13.0. The first-order chi connectivity index (χ1) is 15.4.